The van der Waals surface area contributed by atoms with Crippen LogP contribution >= 0.6 is 23.4 Å². The molecule has 0 radical (unpaired) electrons. The van der Waals surface area contributed by atoms with E-state index in [9.17, 15) is 9.59 Å². The maximum atomic E-state index is 12.5. The Bertz CT molecular complexity index is 913. The van der Waals surface area contributed by atoms with Crippen LogP contribution in [0, 0.1) is 12.8 Å². The largest absolute Gasteiger partial charge is 0.331 e. The number of rotatable bonds is 5. The number of anilines is 2. The molecule has 4 rings (SSSR count). The van der Waals surface area contributed by atoms with Crippen molar-refractivity contribution in [3.8, 4) is 0 Å². The fourth-order valence-electron chi connectivity index (χ4n) is 3.40. The first-order chi connectivity index (χ1) is 14.0. The van der Waals surface area contributed by atoms with Crippen molar-refractivity contribution >= 4 is 46.6 Å². The van der Waals surface area contributed by atoms with Gasteiger partial charge >= 0.3 is 0 Å². The molecule has 2 heterocycles. The van der Waals surface area contributed by atoms with E-state index in [0.29, 0.717) is 17.3 Å². The van der Waals surface area contributed by atoms with Crippen LogP contribution in [-0.4, -0.2) is 35.8 Å². The molecule has 2 aromatic rings. The third kappa shape index (κ3) is 4.51. The summed E-state index contributed by atoms with van der Waals surface area (Å²) in [6.07, 6.45) is -0.178. The minimum Gasteiger partial charge on any atom is -0.331 e. The summed E-state index contributed by atoms with van der Waals surface area (Å²) in [6.45, 7) is 2.47. The van der Waals surface area contributed by atoms with Gasteiger partial charge in [0.15, 0.2) is 0 Å². The summed E-state index contributed by atoms with van der Waals surface area (Å²) in [5.74, 6) is -0.185. The molecule has 9 heteroatoms. The number of carbonyl (C=O) groups excluding carboxylic acids is 2. The quantitative estimate of drug-likeness (QED) is 0.581. The van der Waals surface area contributed by atoms with Gasteiger partial charge in [-0.1, -0.05) is 35.9 Å². The van der Waals surface area contributed by atoms with Gasteiger partial charge in [-0.3, -0.25) is 19.9 Å². The maximum absolute atomic E-state index is 12.5. The summed E-state index contributed by atoms with van der Waals surface area (Å²) in [4.78, 5) is 24.8. The highest BCUT2D eigenvalue weighted by Crippen LogP contribution is 2.27. The predicted molar refractivity (Wildman–Crippen MR) is 117 cm³/mol. The van der Waals surface area contributed by atoms with Gasteiger partial charge in [0.2, 0.25) is 11.8 Å². The number of carbonyl (C=O) groups is 2. The lowest BCUT2D eigenvalue weighted by molar-refractivity contribution is -0.127. The molecule has 7 nitrogen and oxygen atoms in total. The van der Waals surface area contributed by atoms with Crippen molar-refractivity contribution in [2.45, 2.75) is 18.6 Å². The number of halogens is 1. The Morgan fingerprint density at radius 1 is 1.28 bits per heavy atom. The van der Waals surface area contributed by atoms with E-state index in [1.165, 1.54) is 11.8 Å². The van der Waals surface area contributed by atoms with Crippen molar-refractivity contribution in [2.75, 3.05) is 22.6 Å². The summed E-state index contributed by atoms with van der Waals surface area (Å²) in [5.41, 5.74) is 5.52. The van der Waals surface area contributed by atoms with Gasteiger partial charge in [0.25, 0.3) is 0 Å². The summed E-state index contributed by atoms with van der Waals surface area (Å²) in [5, 5.41) is 11.8. The van der Waals surface area contributed by atoms with Gasteiger partial charge in [-0.15, -0.1) is 11.8 Å². The van der Waals surface area contributed by atoms with Crippen molar-refractivity contribution in [3.63, 3.8) is 0 Å². The first kappa shape index (κ1) is 20.0. The molecule has 0 spiro atoms. The van der Waals surface area contributed by atoms with Crippen molar-refractivity contribution in [2.24, 2.45) is 5.92 Å². The Morgan fingerprint density at radius 2 is 2.07 bits per heavy atom. The average molecular weight is 432 g/mol. The van der Waals surface area contributed by atoms with E-state index in [0.717, 1.165) is 11.3 Å². The number of aryl methyl sites for hydroxylation is 1. The number of nitrogens with one attached hydrogen (secondary N) is 4. The molecule has 2 amide bonds. The molecule has 2 aromatic carbocycles. The lowest BCUT2D eigenvalue weighted by atomic mass is 10.1. The number of hydrogen-bond acceptors (Lipinski definition) is 6. The predicted octanol–water partition coefficient (Wildman–Crippen LogP) is 2.29. The minimum absolute atomic E-state index is 0.0251. The second kappa shape index (κ2) is 8.62. The SMILES string of the molecule is Cc1ccc(NC(=O)CSC2NC(=O)C3CNN(c4ccccc4)C3N2)cc1Cl. The Morgan fingerprint density at radius 3 is 2.83 bits per heavy atom. The average Bonchev–Trinajstić information content (AvgIpc) is 3.14. The summed E-state index contributed by atoms with van der Waals surface area (Å²) in [7, 11) is 0. The van der Waals surface area contributed by atoms with E-state index in [-0.39, 0.29) is 35.1 Å². The Hall–Kier alpha value is -2.26. The molecule has 3 unspecified atom stereocenters. The third-order valence-electron chi connectivity index (χ3n) is 4.94. The molecule has 2 saturated heterocycles. The zero-order valence-corrected chi connectivity index (χ0v) is 17.4. The molecule has 0 saturated carbocycles. The summed E-state index contributed by atoms with van der Waals surface area (Å²) < 4.78 is 0. The van der Waals surface area contributed by atoms with Gasteiger partial charge in [-0.25, -0.2) is 5.43 Å². The molecule has 0 bridgehead atoms. The lowest BCUT2D eigenvalue weighted by Crippen LogP contribution is -2.63. The Labute approximate surface area is 178 Å². The minimum atomic E-state index is -0.359. The van der Waals surface area contributed by atoms with Crippen LogP contribution in [-0.2, 0) is 9.59 Å². The van der Waals surface area contributed by atoms with Gasteiger partial charge in [0.05, 0.1) is 17.4 Å². The monoisotopic (exact) mass is 431 g/mol. The van der Waals surface area contributed by atoms with Crippen molar-refractivity contribution in [1.29, 1.82) is 0 Å². The number of fused-ring (bicyclic) bond motifs is 1. The molecule has 0 aliphatic carbocycles. The van der Waals surface area contributed by atoms with Gasteiger partial charge in [-0.05, 0) is 36.8 Å². The summed E-state index contributed by atoms with van der Waals surface area (Å²) in [6, 6.07) is 15.3. The number of benzene rings is 2. The molecule has 3 atom stereocenters. The van der Waals surface area contributed by atoms with Crippen molar-refractivity contribution in [1.82, 2.24) is 16.1 Å². The molecular weight excluding hydrogens is 410 g/mol. The fourth-order valence-corrected chi connectivity index (χ4v) is 4.41. The third-order valence-corrected chi connectivity index (χ3v) is 6.37. The molecule has 152 valence electrons. The molecular formula is C20H22ClN5O2S. The van der Waals surface area contributed by atoms with Crippen LogP contribution < -0.4 is 26.4 Å². The van der Waals surface area contributed by atoms with Crippen LogP contribution in [0.3, 0.4) is 0 Å². The van der Waals surface area contributed by atoms with Crippen LogP contribution in [0.4, 0.5) is 11.4 Å². The van der Waals surface area contributed by atoms with Crippen LogP contribution in [0.25, 0.3) is 0 Å². The molecule has 2 fully saturated rings. The zero-order chi connectivity index (χ0) is 20.4. The van der Waals surface area contributed by atoms with E-state index < -0.39 is 0 Å². The van der Waals surface area contributed by atoms with Crippen LogP contribution in [0.1, 0.15) is 5.56 Å². The molecule has 4 N–H and O–H groups in total. The lowest BCUT2D eigenvalue weighted by Gasteiger charge is -2.37. The molecule has 2 aliphatic heterocycles. The Balaban J connectivity index is 1.35. The first-order valence-electron chi connectivity index (χ1n) is 9.33. The second-order valence-corrected chi connectivity index (χ2v) is 8.50. The fraction of sp³-hybridized carbons (Fsp3) is 0.300. The first-order valence-corrected chi connectivity index (χ1v) is 10.8. The van der Waals surface area contributed by atoms with Crippen molar-refractivity contribution < 1.29 is 9.59 Å². The highest BCUT2D eigenvalue weighted by Gasteiger charge is 2.44. The molecule has 0 aromatic heterocycles. The number of thioether (sulfide) groups is 1. The van der Waals surface area contributed by atoms with E-state index >= 15 is 0 Å². The zero-order valence-electron chi connectivity index (χ0n) is 15.8. The van der Waals surface area contributed by atoms with E-state index in [1.54, 1.807) is 6.07 Å². The number of para-hydroxylation sites is 1. The van der Waals surface area contributed by atoms with Gasteiger partial charge in [0, 0.05) is 17.3 Å². The van der Waals surface area contributed by atoms with Crippen LogP contribution in [0.15, 0.2) is 48.5 Å². The number of hydrazine groups is 1. The number of amides is 2. The number of hydrogen-bond donors (Lipinski definition) is 4. The van der Waals surface area contributed by atoms with Gasteiger partial charge in [-0.2, -0.15) is 0 Å². The standard InChI is InChI=1S/C20H22ClN5O2S/c1-12-7-8-13(9-16(12)21)23-17(27)11-29-20-24-18-15(19(28)25-20)10-22-26(18)14-5-3-2-4-6-14/h2-9,15,18,20,22,24H,10-11H2,1H3,(H,23,27)(H,25,28). The van der Waals surface area contributed by atoms with E-state index in [4.69, 9.17) is 11.6 Å². The Kier molecular flexibility index (Phi) is 5.96. The molecule has 29 heavy (non-hydrogen) atoms. The number of nitrogens with zero attached hydrogens (tertiary/aromatic N) is 1. The van der Waals surface area contributed by atoms with E-state index in [2.05, 4.69) is 21.4 Å². The molecule has 2 aliphatic rings. The maximum Gasteiger partial charge on any atom is 0.234 e. The highest BCUT2D eigenvalue weighted by molar-refractivity contribution is 8.00. The van der Waals surface area contributed by atoms with Gasteiger partial charge < -0.3 is 10.6 Å². The van der Waals surface area contributed by atoms with E-state index in [1.807, 2.05) is 54.4 Å². The van der Waals surface area contributed by atoms with Crippen LogP contribution in [0.5, 0.6) is 0 Å². The smallest absolute Gasteiger partial charge is 0.234 e. The van der Waals surface area contributed by atoms with Gasteiger partial charge in [0.1, 0.15) is 11.7 Å². The van der Waals surface area contributed by atoms with Crippen molar-refractivity contribution in [3.05, 3.63) is 59.1 Å². The topological polar surface area (TPSA) is 85.5 Å². The normalized spacial score (nSPS) is 23.4. The summed E-state index contributed by atoms with van der Waals surface area (Å²) >= 11 is 7.44. The second-order valence-electron chi connectivity index (χ2n) is 7.00. The van der Waals surface area contributed by atoms with Crippen LogP contribution in [0.2, 0.25) is 5.02 Å². The highest BCUT2D eigenvalue weighted by atomic mass is 35.5.